The van der Waals surface area contributed by atoms with Crippen molar-refractivity contribution in [1.82, 2.24) is 5.01 Å². The van der Waals surface area contributed by atoms with E-state index >= 15 is 0 Å². The monoisotopic (exact) mass is 244 g/mol. The molecule has 0 fully saturated rings. The van der Waals surface area contributed by atoms with Gasteiger partial charge in [0.1, 0.15) is 5.75 Å². The molecule has 0 saturated heterocycles. The molecule has 18 heavy (non-hydrogen) atoms. The third-order valence-corrected chi connectivity index (χ3v) is 2.86. The molecule has 0 aliphatic heterocycles. The van der Waals surface area contributed by atoms with Crippen LogP contribution in [-0.2, 0) is 11.2 Å². The number of hydrogen-bond donors (Lipinski definition) is 1. The zero-order chi connectivity index (χ0) is 13.1. The van der Waals surface area contributed by atoms with Gasteiger partial charge in [0, 0.05) is 7.05 Å². The van der Waals surface area contributed by atoms with Crippen LogP contribution in [0.4, 0.5) is 0 Å². The van der Waals surface area contributed by atoms with Gasteiger partial charge in [-0.3, -0.25) is 9.80 Å². The van der Waals surface area contributed by atoms with Crippen molar-refractivity contribution in [2.75, 3.05) is 14.2 Å². The number of carbonyl (C=O) groups excluding carboxylic acids is 1. The molecule has 0 spiro atoms. The molecule has 0 radical (unpaired) electrons. The lowest BCUT2D eigenvalue weighted by Gasteiger charge is -2.10. The largest absolute Gasteiger partial charge is 0.497 e. The molecule has 0 heterocycles. The lowest BCUT2D eigenvalue weighted by atomic mass is 10.0. The lowest BCUT2D eigenvalue weighted by molar-refractivity contribution is -0.129. The summed E-state index contributed by atoms with van der Waals surface area (Å²) in [6.07, 6.45) is 0.314. The fourth-order valence-corrected chi connectivity index (χ4v) is 1.81. The van der Waals surface area contributed by atoms with Gasteiger partial charge in [-0.1, -0.05) is 24.3 Å². The summed E-state index contributed by atoms with van der Waals surface area (Å²) in [7, 11) is 3.19. The highest BCUT2D eigenvalue weighted by Gasteiger charge is 2.06. The van der Waals surface area contributed by atoms with Gasteiger partial charge in [-0.2, -0.15) is 0 Å². The second kappa shape index (κ2) is 5.06. The van der Waals surface area contributed by atoms with E-state index in [4.69, 9.17) is 10.6 Å². The van der Waals surface area contributed by atoms with Gasteiger partial charge in [0.2, 0.25) is 5.91 Å². The molecule has 2 aromatic rings. The molecule has 94 valence electrons. The van der Waals surface area contributed by atoms with E-state index in [9.17, 15) is 4.79 Å². The van der Waals surface area contributed by atoms with Gasteiger partial charge in [0.15, 0.2) is 0 Å². The normalized spacial score (nSPS) is 10.4. The molecular formula is C14H16N2O2. The van der Waals surface area contributed by atoms with Crippen molar-refractivity contribution in [2.24, 2.45) is 5.84 Å². The van der Waals surface area contributed by atoms with Crippen LogP contribution in [0.2, 0.25) is 0 Å². The van der Waals surface area contributed by atoms with E-state index < -0.39 is 0 Å². The third-order valence-electron chi connectivity index (χ3n) is 2.86. The van der Waals surface area contributed by atoms with E-state index in [0.29, 0.717) is 6.42 Å². The number of ether oxygens (including phenoxy) is 1. The van der Waals surface area contributed by atoms with Gasteiger partial charge in [0.25, 0.3) is 0 Å². The quantitative estimate of drug-likeness (QED) is 0.508. The Balaban J connectivity index is 2.30. The van der Waals surface area contributed by atoms with Gasteiger partial charge in [-0.15, -0.1) is 0 Å². The van der Waals surface area contributed by atoms with Gasteiger partial charge >= 0.3 is 0 Å². The van der Waals surface area contributed by atoms with Crippen LogP contribution in [-0.4, -0.2) is 25.1 Å². The summed E-state index contributed by atoms with van der Waals surface area (Å²) in [5.41, 5.74) is 0.954. The van der Waals surface area contributed by atoms with E-state index in [1.807, 2.05) is 36.4 Å². The number of carbonyl (C=O) groups is 1. The summed E-state index contributed by atoms with van der Waals surface area (Å²) in [5, 5.41) is 3.28. The highest BCUT2D eigenvalue weighted by atomic mass is 16.5. The second-order valence-corrected chi connectivity index (χ2v) is 4.23. The van der Waals surface area contributed by atoms with Crippen LogP contribution in [0, 0.1) is 0 Å². The smallest absolute Gasteiger partial charge is 0.240 e. The standard InChI is InChI=1S/C14H16N2O2/c1-16(15)14(17)8-10-3-4-12-9-13(18-2)6-5-11(12)7-10/h3-7,9H,8,15H2,1-2H3. The van der Waals surface area contributed by atoms with Crippen molar-refractivity contribution >= 4 is 16.7 Å². The molecule has 2 N–H and O–H groups in total. The SMILES string of the molecule is COc1ccc2cc(CC(=O)N(C)N)ccc2c1. The van der Waals surface area contributed by atoms with Gasteiger partial charge in [-0.25, -0.2) is 5.84 Å². The van der Waals surface area contributed by atoms with Crippen molar-refractivity contribution < 1.29 is 9.53 Å². The van der Waals surface area contributed by atoms with Crippen LogP contribution in [0.5, 0.6) is 5.75 Å². The van der Waals surface area contributed by atoms with Gasteiger partial charge < -0.3 is 4.74 Å². The summed E-state index contributed by atoms with van der Waals surface area (Å²) in [5.74, 6) is 6.12. The van der Waals surface area contributed by atoms with Crippen LogP contribution >= 0.6 is 0 Å². The van der Waals surface area contributed by atoms with Gasteiger partial charge in [-0.05, 0) is 28.5 Å². The Labute approximate surface area is 106 Å². The predicted octanol–water partition coefficient (Wildman–Crippen LogP) is 1.72. The van der Waals surface area contributed by atoms with Crippen molar-refractivity contribution in [3.05, 3.63) is 42.0 Å². The van der Waals surface area contributed by atoms with Crippen molar-refractivity contribution in [2.45, 2.75) is 6.42 Å². The molecule has 4 heteroatoms. The number of amides is 1. The first-order valence-corrected chi connectivity index (χ1v) is 5.68. The van der Waals surface area contributed by atoms with E-state index in [-0.39, 0.29) is 5.91 Å². The predicted molar refractivity (Wildman–Crippen MR) is 71.2 cm³/mol. The third kappa shape index (κ3) is 2.60. The van der Waals surface area contributed by atoms with Crippen LogP contribution in [0.1, 0.15) is 5.56 Å². The summed E-state index contributed by atoms with van der Waals surface area (Å²) < 4.78 is 5.17. The Morgan fingerprint density at radius 2 is 1.89 bits per heavy atom. The zero-order valence-corrected chi connectivity index (χ0v) is 10.5. The minimum atomic E-state index is -0.108. The van der Waals surface area contributed by atoms with Crippen LogP contribution in [0.3, 0.4) is 0 Å². The van der Waals surface area contributed by atoms with Gasteiger partial charge in [0.05, 0.1) is 13.5 Å². The number of benzene rings is 2. The highest BCUT2D eigenvalue weighted by Crippen LogP contribution is 2.22. The molecule has 0 saturated carbocycles. The molecule has 0 aliphatic carbocycles. The molecule has 0 aliphatic rings. The highest BCUT2D eigenvalue weighted by molar-refractivity contribution is 5.86. The van der Waals surface area contributed by atoms with E-state index in [2.05, 4.69) is 0 Å². The first-order valence-electron chi connectivity index (χ1n) is 5.68. The Bertz CT molecular complexity index is 579. The second-order valence-electron chi connectivity index (χ2n) is 4.23. The molecule has 2 aromatic carbocycles. The Morgan fingerprint density at radius 1 is 1.22 bits per heavy atom. The number of hydrazine groups is 1. The number of nitrogens with zero attached hydrogens (tertiary/aromatic N) is 1. The summed E-state index contributed by atoms with van der Waals surface area (Å²) in [6, 6.07) is 11.8. The van der Waals surface area contributed by atoms with E-state index in [1.165, 1.54) is 0 Å². The fraction of sp³-hybridized carbons (Fsp3) is 0.214. The maximum absolute atomic E-state index is 11.5. The fourth-order valence-electron chi connectivity index (χ4n) is 1.81. The number of likely N-dealkylation sites (N-methyl/N-ethyl adjacent to an activating group) is 1. The average Bonchev–Trinajstić information content (AvgIpc) is 2.37. The molecule has 0 aromatic heterocycles. The number of methoxy groups -OCH3 is 1. The van der Waals surface area contributed by atoms with Crippen LogP contribution in [0.15, 0.2) is 36.4 Å². The molecule has 2 rings (SSSR count). The number of nitrogens with two attached hydrogens (primary N) is 1. The Hall–Kier alpha value is -2.07. The van der Waals surface area contributed by atoms with Crippen molar-refractivity contribution in [3.8, 4) is 5.75 Å². The van der Waals surface area contributed by atoms with E-state index in [0.717, 1.165) is 27.1 Å². The molecular weight excluding hydrogens is 228 g/mol. The van der Waals surface area contributed by atoms with Crippen molar-refractivity contribution in [3.63, 3.8) is 0 Å². The summed E-state index contributed by atoms with van der Waals surface area (Å²) in [4.78, 5) is 11.5. The Morgan fingerprint density at radius 3 is 2.56 bits per heavy atom. The number of fused-ring (bicyclic) bond motifs is 1. The lowest BCUT2D eigenvalue weighted by Crippen LogP contribution is -2.34. The molecule has 0 unspecified atom stereocenters. The van der Waals surface area contributed by atoms with Crippen molar-refractivity contribution in [1.29, 1.82) is 0 Å². The number of rotatable bonds is 3. The molecule has 1 amide bonds. The molecule has 4 nitrogen and oxygen atoms in total. The first-order chi connectivity index (χ1) is 8.60. The Kier molecular flexibility index (Phi) is 3.48. The zero-order valence-electron chi connectivity index (χ0n) is 10.5. The van der Waals surface area contributed by atoms with Crippen LogP contribution < -0.4 is 10.6 Å². The molecule has 0 atom stereocenters. The molecule has 0 bridgehead atoms. The minimum Gasteiger partial charge on any atom is -0.497 e. The minimum absolute atomic E-state index is 0.108. The van der Waals surface area contributed by atoms with Crippen LogP contribution in [0.25, 0.3) is 10.8 Å². The maximum Gasteiger partial charge on any atom is 0.240 e. The summed E-state index contributed by atoms with van der Waals surface area (Å²) >= 11 is 0. The summed E-state index contributed by atoms with van der Waals surface area (Å²) in [6.45, 7) is 0. The topological polar surface area (TPSA) is 55.6 Å². The number of hydrogen-bond acceptors (Lipinski definition) is 3. The first kappa shape index (κ1) is 12.4. The van der Waals surface area contributed by atoms with E-state index in [1.54, 1.807) is 14.2 Å². The average molecular weight is 244 g/mol. The maximum atomic E-state index is 11.5.